The molecule has 0 saturated carbocycles. The fourth-order valence-corrected chi connectivity index (χ4v) is 6.32. The largest absolute Gasteiger partial charge is 0.311 e. The Labute approximate surface area is 309 Å². The maximum Gasteiger partial charge on any atom is 0.0464 e. The molecule has 0 radical (unpaired) electrons. The zero-order valence-corrected chi connectivity index (χ0v) is 30.4. The summed E-state index contributed by atoms with van der Waals surface area (Å²) in [5.74, 6) is 0. The van der Waals surface area contributed by atoms with Gasteiger partial charge in [0.25, 0.3) is 0 Å². The minimum atomic E-state index is 1.13. The van der Waals surface area contributed by atoms with E-state index < -0.39 is 0 Å². The molecule has 0 fully saturated rings. The lowest BCUT2D eigenvalue weighted by Gasteiger charge is -2.26. The molecule has 0 aliphatic heterocycles. The predicted molar refractivity (Wildman–Crippen MR) is 225 cm³/mol. The lowest BCUT2D eigenvalue weighted by Crippen LogP contribution is -2.10. The highest BCUT2D eigenvalue weighted by Crippen LogP contribution is 2.36. The van der Waals surface area contributed by atoms with Gasteiger partial charge in [-0.3, -0.25) is 0 Å². The molecule has 7 rings (SSSR count). The minimum absolute atomic E-state index is 1.13. The Morgan fingerprint density at radius 3 is 0.846 bits per heavy atom. The molecule has 0 N–H and O–H groups in total. The van der Waals surface area contributed by atoms with Gasteiger partial charge in [0.2, 0.25) is 0 Å². The number of benzene rings is 7. The van der Waals surface area contributed by atoms with Crippen LogP contribution in [-0.4, -0.2) is 0 Å². The standard InChI is InChI=1S/C50H44N2/c1-37-8-26-45(27-9-37)51(46-28-10-38(2)11-29-46)48-32-22-43(23-33-48)20-18-41-14-16-42(17-15-41)19-21-44-24-34-49(35-25-44)52(47-30-12-39(3)13-31-47)50-7-5-6-40(4)36-50/h5-36H,1-4H3/b20-18-,21-19-. The van der Waals surface area contributed by atoms with Gasteiger partial charge in [-0.25, -0.2) is 0 Å². The molecule has 0 aliphatic carbocycles. The summed E-state index contributed by atoms with van der Waals surface area (Å²) in [5, 5.41) is 0. The molecule has 2 nitrogen and oxygen atoms in total. The van der Waals surface area contributed by atoms with Gasteiger partial charge in [-0.05, 0) is 128 Å². The summed E-state index contributed by atoms with van der Waals surface area (Å²) in [6.45, 7) is 8.51. The van der Waals surface area contributed by atoms with E-state index >= 15 is 0 Å². The van der Waals surface area contributed by atoms with E-state index in [4.69, 9.17) is 0 Å². The molecule has 0 heterocycles. The molecule has 2 heteroatoms. The summed E-state index contributed by atoms with van der Waals surface area (Å²) in [6.07, 6.45) is 8.70. The maximum atomic E-state index is 2.31. The summed E-state index contributed by atoms with van der Waals surface area (Å²) in [4.78, 5) is 4.62. The third-order valence-corrected chi connectivity index (χ3v) is 9.31. The number of anilines is 6. The van der Waals surface area contributed by atoms with Crippen molar-refractivity contribution in [1.29, 1.82) is 0 Å². The van der Waals surface area contributed by atoms with Crippen LogP contribution in [0, 0.1) is 27.7 Å². The van der Waals surface area contributed by atoms with Crippen LogP contribution in [-0.2, 0) is 0 Å². The Balaban J connectivity index is 1.02. The Kier molecular flexibility index (Phi) is 10.3. The average Bonchev–Trinajstić information content (AvgIpc) is 3.17. The fourth-order valence-electron chi connectivity index (χ4n) is 6.32. The lowest BCUT2D eigenvalue weighted by molar-refractivity contribution is 1.26. The lowest BCUT2D eigenvalue weighted by atomic mass is 10.1. The van der Waals surface area contributed by atoms with Gasteiger partial charge in [-0.15, -0.1) is 0 Å². The van der Waals surface area contributed by atoms with Crippen LogP contribution in [0.25, 0.3) is 24.3 Å². The normalized spacial score (nSPS) is 11.3. The Hall–Kier alpha value is -6.38. The first-order valence-electron chi connectivity index (χ1n) is 17.9. The van der Waals surface area contributed by atoms with E-state index in [0.29, 0.717) is 0 Å². The Morgan fingerprint density at radius 2 is 0.538 bits per heavy atom. The molecule has 52 heavy (non-hydrogen) atoms. The molecule has 0 saturated heterocycles. The summed E-state index contributed by atoms with van der Waals surface area (Å²) in [5.41, 5.74) is 16.5. The number of nitrogens with zero attached hydrogens (tertiary/aromatic N) is 2. The average molecular weight is 673 g/mol. The molecule has 0 amide bonds. The third kappa shape index (κ3) is 8.31. The second-order valence-electron chi connectivity index (χ2n) is 13.5. The number of aryl methyl sites for hydroxylation is 4. The highest BCUT2D eigenvalue weighted by atomic mass is 15.1. The SMILES string of the molecule is Cc1ccc(N(c2ccc(C)cc2)c2ccc(/C=C\c3ccc(/C=C\c4ccc(N(c5ccc(C)cc5)c5cccc(C)c5)cc4)cc3)cc2)cc1. The Morgan fingerprint density at radius 1 is 0.269 bits per heavy atom. The zero-order valence-electron chi connectivity index (χ0n) is 30.4. The van der Waals surface area contributed by atoms with Crippen molar-refractivity contribution in [3.63, 3.8) is 0 Å². The predicted octanol–water partition coefficient (Wildman–Crippen LogP) is 14.2. The number of rotatable bonds is 10. The van der Waals surface area contributed by atoms with Crippen molar-refractivity contribution >= 4 is 58.4 Å². The maximum absolute atomic E-state index is 2.31. The molecule has 0 spiro atoms. The molecular formula is C50H44N2. The summed E-state index contributed by atoms with van der Waals surface area (Å²) in [6, 6.07) is 61.0. The van der Waals surface area contributed by atoms with Crippen molar-refractivity contribution in [1.82, 2.24) is 0 Å². The van der Waals surface area contributed by atoms with Crippen LogP contribution in [0.3, 0.4) is 0 Å². The van der Waals surface area contributed by atoms with Crippen molar-refractivity contribution in [2.45, 2.75) is 27.7 Å². The Bertz CT molecular complexity index is 2230. The second-order valence-corrected chi connectivity index (χ2v) is 13.5. The first-order valence-corrected chi connectivity index (χ1v) is 17.9. The second kappa shape index (κ2) is 15.7. The molecule has 0 aromatic heterocycles. The van der Waals surface area contributed by atoms with Crippen molar-refractivity contribution in [2.24, 2.45) is 0 Å². The van der Waals surface area contributed by atoms with E-state index in [2.05, 4.69) is 232 Å². The van der Waals surface area contributed by atoms with Crippen LogP contribution in [0.4, 0.5) is 34.1 Å². The van der Waals surface area contributed by atoms with Gasteiger partial charge in [-0.2, -0.15) is 0 Å². The van der Waals surface area contributed by atoms with Crippen LogP contribution in [0.5, 0.6) is 0 Å². The van der Waals surface area contributed by atoms with Crippen molar-refractivity contribution in [2.75, 3.05) is 9.80 Å². The monoisotopic (exact) mass is 672 g/mol. The third-order valence-electron chi connectivity index (χ3n) is 9.31. The van der Waals surface area contributed by atoms with Crippen molar-refractivity contribution < 1.29 is 0 Å². The molecular weight excluding hydrogens is 629 g/mol. The number of hydrogen-bond donors (Lipinski definition) is 0. The highest BCUT2D eigenvalue weighted by molar-refractivity contribution is 5.80. The van der Waals surface area contributed by atoms with Gasteiger partial charge in [0.15, 0.2) is 0 Å². The quantitative estimate of drug-likeness (QED) is 0.133. The topological polar surface area (TPSA) is 6.48 Å². The molecule has 0 atom stereocenters. The van der Waals surface area contributed by atoms with E-state index in [1.807, 2.05) is 0 Å². The smallest absolute Gasteiger partial charge is 0.0464 e. The van der Waals surface area contributed by atoms with E-state index in [0.717, 1.165) is 45.3 Å². The molecule has 0 bridgehead atoms. The van der Waals surface area contributed by atoms with Gasteiger partial charge < -0.3 is 9.80 Å². The molecule has 0 aliphatic rings. The van der Waals surface area contributed by atoms with Crippen LogP contribution in [0.15, 0.2) is 170 Å². The van der Waals surface area contributed by atoms with Crippen molar-refractivity contribution in [3.05, 3.63) is 214 Å². The summed E-state index contributed by atoms with van der Waals surface area (Å²) >= 11 is 0. The van der Waals surface area contributed by atoms with Gasteiger partial charge in [-0.1, -0.05) is 138 Å². The van der Waals surface area contributed by atoms with Crippen LogP contribution >= 0.6 is 0 Å². The van der Waals surface area contributed by atoms with Gasteiger partial charge in [0, 0.05) is 34.1 Å². The summed E-state index contributed by atoms with van der Waals surface area (Å²) < 4.78 is 0. The van der Waals surface area contributed by atoms with Crippen molar-refractivity contribution in [3.8, 4) is 0 Å². The van der Waals surface area contributed by atoms with Gasteiger partial charge in [0.1, 0.15) is 0 Å². The highest BCUT2D eigenvalue weighted by Gasteiger charge is 2.13. The molecule has 7 aromatic rings. The van der Waals surface area contributed by atoms with Crippen LogP contribution in [0.2, 0.25) is 0 Å². The van der Waals surface area contributed by atoms with Crippen LogP contribution in [0.1, 0.15) is 44.5 Å². The van der Waals surface area contributed by atoms with E-state index in [-0.39, 0.29) is 0 Å². The van der Waals surface area contributed by atoms with Gasteiger partial charge >= 0.3 is 0 Å². The van der Waals surface area contributed by atoms with Gasteiger partial charge in [0.05, 0.1) is 0 Å². The van der Waals surface area contributed by atoms with Crippen LogP contribution < -0.4 is 9.80 Å². The number of hydrogen-bond acceptors (Lipinski definition) is 2. The fraction of sp³-hybridized carbons (Fsp3) is 0.0800. The van der Waals surface area contributed by atoms with E-state index in [1.165, 1.54) is 33.4 Å². The molecule has 0 unspecified atom stereocenters. The zero-order chi connectivity index (χ0) is 35.9. The minimum Gasteiger partial charge on any atom is -0.311 e. The molecule has 7 aromatic carbocycles. The first kappa shape index (κ1) is 34.1. The van der Waals surface area contributed by atoms with E-state index in [1.54, 1.807) is 0 Å². The summed E-state index contributed by atoms with van der Waals surface area (Å²) in [7, 11) is 0. The molecule has 254 valence electrons. The van der Waals surface area contributed by atoms with E-state index in [9.17, 15) is 0 Å². The first-order chi connectivity index (χ1) is 25.4.